The van der Waals surface area contributed by atoms with Crippen LogP contribution in [0.2, 0.25) is 0 Å². The summed E-state index contributed by atoms with van der Waals surface area (Å²) >= 11 is 0. The van der Waals surface area contributed by atoms with Crippen molar-refractivity contribution < 1.29 is 4.39 Å². The Hall–Kier alpha value is -3.91. The van der Waals surface area contributed by atoms with Gasteiger partial charge in [0.15, 0.2) is 5.65 Å². The molecule has 5 aromatic rings. The third kappa shape index (κ3) is 3.93. The summed E-state index contributed by atoms with van der Waals surface area (Å²) in [7, 11) is 1.85. The van der Waals surface area contributed by atoms with Crippen molar-refractivity contribution in [2.75, 3.05) is 0 Å². The van der Waals surface area contributed by atoms with Gasteiger partial charge in [-0.1, -0.05) is 18.2 Å². The van der Waals surface area contributed by atoms with Gasteiger partial charge in [0.1, 0.15) is 11.6 Å². The van der Waals surface area contributed by atoms with Crippen LogP contribution in [0.25, 0.3) is 33.7 Å². The summed E-state index contributed by atoms with van der Waals surface area (Å²) in [5.41, 5.74) is 5.50. The number of imidazole rings is 1. The topological polar surface area (TPSA) is 84.3 Å². The highest BCUT2D eigenvalue weighted by Gasteiger charge is 2.13. The van der Waals surface area contributed by atoms with Gasteiger partial charge in [-0.2, -0.15) is 5.10 Å². The highest BCUT2D eigenvalue weighted by Crippen LogP contribution is 2.29. The third-order valence-corrected chi connectivity index (χ3v) is 5.10. The summed E-state index contributed by atoms with van der Waals surface area (Å²) in [6, 6.07) is 11.0. The number of nitrogens with one attached hydrogen (secondary N) is 2. The molecule has 0 saturated heterocycles. The van der Waals surface area contributed by atoms with Crippen LogP contribution in [0.15, 0.2) is 67.4 Å². The summed E-state index contributed by atoms with van der Waals surface area (Å²) in [6.07, 6.45) is 8.84. The Kier molecular flexibility index (Phi) is 4.97. The maximum atomic E-state index is 14.8. The monoisotopic (exact) mass is 413 g/mol. The van der Waals surface area contributed by atoms with Gasteiger partial charge in [-0.25, -0.2) is 14.4 Å². The molecule has 31 heavy (non-hydrogen) atoms. The van der Waals surface area contributed by atoms with E-state index in [0.29, 0.717) is 30.1 Å². The zero-order valence-corrected chi connectivity index (χ0v) is 16.9. The summed E-state index contributed by atoms with van der Waals surface area (Å²) < 4.78 is 16.5. The number of nitrogens with zero attached hydrogens (tertiary/aromatic N) is 5. The van der Waals surface area contributed by atoms with Gasteiger partial charge in [-0.05, 0) is 29.3 Å². The number of pyridine rings is 2. The van der Waals surface area contributed by atoms with Crippen molar-refractivity contribution in [3.8, 4) is 22.5 Å². The molecule has 4 aromatic heterocycles. The molecule has 0 aliphatic heterocycles. The van der Waals surface area contributed by atoms with Gasteiger partial charge in [0.2, 0.25) is 0 Å². The summed E-state index contributed by atoms with van der Waals surface area (Å²) in [4.78, 5) is 16.3. The van der Waals surface area contributed by atoms with Gasteiger partial charge in [0.05, 0.1) is 17.3 Å². The van der Waals surface area contributed by atoms with E-state index < -0.39 is 0 Å². The molecule has 7 nitrogen and oxygen atoms in total. The molecule has 1 aromatic carbocycles. The smallest absolute Gasteiger partial charge is 0.178 e. The summed E-state index contributed by atoms with van der Waals surface area (Å²) in [5.74, 6) is 0.424. The molecule has 0 aliphatic carbocycles. The van der Waals surface area contributed by atoms with E-state index in [-0.39, 0.29) is 5.82 Å². The normalized spacial score (nSPS) is 11.3. The zero-order chi connectivity index (χ0) is 21.2. The fraction of sp³-hybridized carbons (Fsp3) is 0.130. The molecule has 0 bridgehead atoms. The number of aromatic nitrogens is 6. The van der Waals surface area contributed by atoms with Crippen molar-refractivity contribution in [3.05, 3.63) is 84.3 Å². The summed E-state index contributed by atoms with van der Waals surface area (Å²) in [5, 5.41) is 7.44. The second-order valence-electron chi connectivity index (χ2n) is 7.32. The Bertz CT molecular complexity index is 1340. The number of halogens is 1. The Labute approximate surface area is 178 Å². The number of hydrogen-bond donors (Lipinski definition) is 2. The van der Waals surface area contributed by atoms with Crippen LogP contribution in [0, 0.1) is 5.82 Å². The van der Waals surface area contributed by atoms with Crippen molar-refractivity contribution in [3.63, 3.8) is 0 Å². The number of H-pyrrole nitrogens is 1. The van der Waals surface area contributed by atoms with Gasteiger partial charge in [-0.15, -0.1) is 0 Å². The molecule has 4 heterocycles. The number of aromatic amines is 1. The molecular weight excluding hydrogens is 393 g/mol. The van der Waals surface area contributed by atoms with Gasteiger partial charge in [0.25, 0.3) is 0 Å². The summed E-state index contributed by atoms with van der Waals surface area (Å²) in [6.45, 7) is 1.06. The van der Waals surface area contributed by atoms with Gasteiger partial charge >= 0.3 is 0 Å². The predicted molar refractivity (Wildman–Crippen MR) is 116 cm³/mol. The molecule has 0 amide bonds. The number of hydrogen-bond acceptors (Lipinski definition) is 5. The zero-order valence-electron chi connectivity index (χ0n) is 16.9. The van der Waals surface area contributed by atoms with E-state index in [9.17, 15) is 4.39 Å². The van der Waals surface area contributed by atoms with Crippen LogP contribution in [0.3, 0.4) is 0 Å². The number of rotatable bonds is 6. The van der Waals surface area contributed by atoms with Crippen molar-refractivity contribution in [2.24, 2.45) is 7.05 Å². The average Bonchev–Trinajstić information content (AvgIpc) is 3.41. The SMILES string of the molecule is Cn1cc(-c2nc3nccc(-c4ccc(CNCc5cccnc5)c(F)c4)c3[nH]2)cn1. The molecule has 5 rings (SSSR count). The molecule has 0 atom stereocenters. The van der Waals surface area contributed by atoms with Crippen LogP contribution >= 0.6 is 0 Å². The highest BCUT2D eigenvalue weighted by molar-refractivity contribution is 5.91. The molecule has 0 unspecified atom stereocenters. The molecule has 154 valence electrons. The Morgan fingerprint density at radius 2 is 2.00 bits per heavy atom. The van der Waals surface area contributed by atoms with Gasteiger partial charge < -0.3 is 10.3 Å². The van der Waals surface area contributed by atoms with Crippen LogP contribution < -0.4 is 5.32 Å². The number of fused-ring (bicyclic) bond motifs is 1. The van der Waals surface area contributed by atoms with E-state index in [1.807, 2.05) is 43.6 Å². The van der Waals surface area contributed by atoms with Crippen LogP contribution in [-0.2, 0) is 20.1 Å². The van der Waals surface area contributed by atoms with E-state index >= 15 is 0 Å². The second-order valence-corrected chi connectivity index (χ2v) is 7.32. The third-order valence-electron chi connectivity index (χ3n) is 5.10. The van der Waals surface area contributed by atoms with Crippen molar-refractivity contribution >= 4 is 11.2 Å². The lowest BCUT2D eigenvalue weighted by molar-refractivity contribution is 0.588. The average molecular weight is 413 g/mol. The molecule has 0 radical (unpaired) electrons. The Balaban J connectivity index is 1.39. The second kappa shape index (κ2) is 8.08. The standard InChI is InChI=1S/C23H20FN7/c1-31-14-18(13-28-31)22-29-21-19(6-8-27-23(21)30-22)16-4-5-17(20(24)9-16)12-26-11-15-3-2-7-25-10-15/h2-10,13-14,26H,11-12H2,1H3,(H,27,29,30). The van der Waals surface area contributed by atoms with E-state index in [0.717, 1.165) is 27.8 Å². The van der Waals surface area contributed by atoms with E-state index in [1.165, 1.54) is 0 Å². The first kappa shape index (κ1) is 19.1. The molecule has 2 N–H and O–H groups in total. The lowest BCUT2D eigenvalue weighted by Gasteiger charge is -2.09. The molecule has 8 heteroatoms. The molecule has 0 fully saturated rings. The lowest BCUT2D eigenvalue weighted by atomic mass is 10.0. The number of aryl methyl sites for hydroxylation is 1. The van der Waals surface area contributed by atoms with Gasteiger partial charge in [0, 0.05) is 56.1 Å². The fourth-order valence-corrected chi connectivity index (χ4v) is 3.53. The van der Waals surface area contributed by atoms with Crippen LogP contribution in [0.5, 0.6) is 0 Å². The van der Waals surface area contributed by atoms with E-state index in [2.05, 4.69) is 30.4 Å². The first-order chi connectivity index (χ1) is 15.2. The largest absolute Gasteiger partial charge is 0.336 e. The quantitative estimate of drug-likeness (QED) is 0.442. The van der Waals surface area contributed by atoms with Crippen molar-refractivity contribution in [2.45, 2.75) is 13.1 Å². The number of benzene rings is 1. The maximum absolute atomic E-state index is 14.8. The predicted octanol–water partition coefficient (Wildman–Crippen LogP) is 3.85. The Morgan fingerprint density at radius 3 is 2.77 bits per heavy atom. The van der Waals surface area contributed by atoms with Crippen LogP contribution in [0.1, 0.15) is 11.1 Å². The van der Waals surface area contributed by atoms with Crippen molar-refractivity contribution in [1.82, 2.24) is 35.0 Å². The minimum atomic E-state index is -0.256. The minimum absolute atomic E-state index is 0.256. The lowest BCUT2D eigenvalue weighted by Crippen LogP contribution is -2.13. The first-order valence-corrected chi connectivity index (χ1v) is 9.89. The Morgan fingerprint density at radius 1 is 1.06 bits per heavy atom. The highest BCUT2D eigenvalue weighted by atomic mass is 19.1. The van der Waals surface area contributed by atoms with E-state index in [4.69, 9.17) is 0 Å². The minimum Gasteiger partial charge on any atom is -0.336 e. The molecule has 0 aliphatic rings. The molecule has 0 spiro atoms. The van der Waals surface area contributed by atoms with Crippen LogP contribution in [0.4, 0.5) is 4.39 Å². The van der Waals surface area contributed by atoms with Crippen molar-refractivity contribution in [1.29, 1.82) is 0 Å². The first-order valence-electron chi connectivity index (χ1n) is 9.89. The molecular formula is C23H20FN7. The molecule has 0 saturated carbocycles. The fourth-order valence-electron chi connectivity index (χ4n) is 3.53. The maximum Gasteiger partial charge on any atom is 0.178 e. The van der Waals surface area contributed by atoms with Crippen LogP contribution in [-0.4, -0.2) is 29.7 Å². The van der Waals surface area contributed by atoms with E-state index in [1.54, 1.807) is 35.5 Å². The van der Waals surface area contributed by atoms with Gasteiger partial charge in [-0.3, -0.25) is 9.67 Å².